The first-order valence-electron chi connectivity index (χ1n) is 13.3. The molecule has 0 amide bonds. The van der Waals surface area contributed by atoms with E-state index in [2.05, 4.69) is 39.3 Å². The third-order valence-electron chi connectivity index (χ3n) is 6.12. The molecule has 4 heterocycles. The summed E-state index contributed by atoms with van der Waals surface area (Å²) in [6.07, 6.45) is 6.34. The minimum absolute atomic E-state index is 0. The van der Waals surface area contributed by atoms with Gasteiger partial charge in [-0.15, -0.1) is 5.70 Å². The molecule has 2 aliphatic heterocycles. The largest absolute Gasteiger partial charge is 3.00 e. The Morgan fingerprint density at radius 2 is 1.85 bits per heavy atom. The maximum atomic E-state index is 11.5. The molecule has 1 aromatic carbocycles. The van der Waals surface area contributed by atoms with Crippen LogP contribution in [0.15, 0.2) is 77.0 Å². The number of isothiocyanates is 1. The molecule has 1 radical (unpaired) electrons. The van der Waals surface area contributed by atoms with Crippen molar-refractivity contribution in [2.24, 2.45) is 4.99 Å². The number of rotatable bonds is 8. The summed E-state index contributed by atoms with van der Waals surface area (Å²) in [5, 5.41) is 38.5. The molecular formula is C30H28N5O8PRuS+. The number of benzene rings is 1. The fourth-order valence-corrected chi connectivity index (χ4v) is 5.71. The van der Waals surface area contributed by atoms with E-state index in [1.807, 2.05) is 18.3 Å². The predicted octanol–water partition coefficient (Wildman–Crippen LogP) is 4.97. The molecule has 0 unspecified atom stereocenters. The number of para-hydroxylation sites is 1. The zero-order valence-electron chi connectivity index (χ0n) is 24.2. The number of hydrogen-bond acceptors (Lipinski definition) is 8. The summed E-state index contributed by atoms with van der Waals surface area (Å²) < 4.78 is 11.1. The molecule has 1 fully saturated rings. The molecule has 0 bridgehead atoms. The number of aliphatic carboxylic acids is 2. The van der Waals surface area contributed by atoms with Crippen LogP contribution in [-0.2, 0) is 38.1 Å². The minimum Gasteiger partial charge on any atom is -0.753 e. The zero-order chi connectivity index (χ0) is 32.9. The van der Waals surface area contributed by atoms with Crippen molar-refractivity contribution in [2.75, 3.05) is 19.8 Å². The smallest absolute Gasteiger partial charge is 0.753 e. The van der Waals surface area contributed by atoms with Gasteiger partial charge in [0.05, 0.1) is 22.5 Å². The van der Waals surface area contributed by atoms with E-state index in [0.717, 1.165) is 23.0 Å². The number of carboxylic acid groups (broad SMARTS) is 3. The van der Waals surface area contributed by atoms with Gasteiger partial charge in [0.25, 0.3) is 8.38 Å². The molecule has 46 heavy (non-hydrogen) atoms. The molecule has 239 valence electrons. The number of pyridine rings is 1. The topological polar surface area (TPSA) is 216 Å². The number of hydrogen-bond donors (Lipinski definition) is 3. The van der Waals surface area contributed by atoms with Crippen LogP contribution in [0, 0.1) is 0 Å². The number of dihydropyridines is 1. The van der Waals surface area contributed by atoms with Gasteiger partial charge in [0.2, 0.25) is 0 Å². The Kier molecular flexibility index (Phi) is 15.4. The Balaban J connectivity index is 0.000000338. The molecule has 3 aromatic rings. The third-order valence-corrected chi connectivity index (χ3v) is 7.90. The SMILES string of the molecule is CC/C=C(\C=C(/[NH-])c1cc(C(=O)O)cc(C2=NCCC(C(=O)O)=C2)n1)C(=O)O.[N-]=C=S.[Ru+3].c1cc([PH+]2OCCO2)c2[n-]ccc2c1. The summed E-state index contributed by atoms with van der Waals surface area (Å²) >= 11 is 3.70. The van der Waals surface area contributed by atoms with Gasteiger partial charge < -0.3 is 31.4 Å². The molecule has 0 atom stereocenters. The van der Waals surface area contributed by atoms with Crippen LogP contribution in [0.5, 0.6) is 0 Å². The van der Waals surface area contributed by atoms with Crippen molar-refractivity contribution in [1.82, 2.24) is 9.97 Å². The first kappa shape index (κ1) is 38.0. The fraction of sp³-hybridized carbons (Fsp3) is 0.200. The number of fused-ring (bicyclic) bond motifs is 1. The second-order valence-electron chi connectivity index (χ2n) is 9.12. The van der Waals surface area contributed by atoms with Crippen LogP contribution in [0.25, 0.3) is 27.7 Å². The number of allylic oxidation sites excluding steroid dienone is 2. The van der Waals surface area contributed by atoms with Gasteiger partial charge in [0.1, 0.15) is 18.5 Å². The van der Waals surface area contributed by atoms with E-state index in [-0.39, 0.29) is 71.9 Å². The minimum atomic E-state index is -1.26. The summed E-state index contributed by atoms with van der Waals surface area (Å²) in [6, 6.07) is 10.5. The van der Waals surface area contributed by atoms with Crippen molar-refractivity contribution < 1.29 is 58.2 Å². The number of aromatic carboxylic acids is 1. The maximum absolute atomic E-state index is 11.5. The van der Waals surface area contributed by atoms with Gasteiger partial charge in [-0.2, -0.15) is 11.4 Å². The number of aliphatic imine (C=N–C) groups is 1. The van der Waals surface area contributed by atoms with Crippen molar-refractivity contribution >= 4 is 71.3 Å². The molecule has 2 aromatic heterocycles. The van der Waals surface area contributed by atoms with Crippen molar-refractivity contribution in [1.29, 1.82) is 0 Å². The van der Waals surface area contributed by atoms with Gasteiger partial charge in [-0.1, -0.05) is 55.0 Å². The second-order valence-corrected chi connectivity index (χ2v) is 11.0. The van der Waals surface area contributed by atoms with Crippen LogP contribution < -0.4 is 10.3 Å². The zero-order valence-corrected chi connectivity index (χ0v) is 27.8. The summed E-state index contributed by atoms with van der Waals surface area (Å²) in [6.45, 7) is 3.39. The normalized spacial score (nSPS) is 14.7. The Hall–Kier alpha value is -4.22. The Labute approximate surface area is 283 Å². The molecule has 1 saturated heterocycles. The predicted molar refractivity (Wildman–Crippen MR) is 174 cm³/mol. The Bertz CT molecular complexity index is 1740. The molecule has 13 nitrogen and oxygen atoms in total. The average Bonchev–Trinajstić information content (AvgIpc) is 3.74. The quantitative estimate of drug-likeness (QED) is 0.0698. The van der Waals surface area contributed by atoms with Crippen LogP contribution in [0.4, 0.5) is 0 Å². The van der Waals surface area contributed by atoms with Crippen molar-refractivity contribution in [3.8, 4) is 0 Å². The number of thiocarbonyl (C=S) groups is 1. The van der Waals surface area contributed by atoms with E-state index in [0.29, 0.717) is 19.6 Å². The van der Waals surface area contributed by atoms with Crippen molar-refractivity contribution in [3.05, 3.63) is 100 Å². The second kappa shape index (κ2) is 18.7. The van der Waals surface area contributed by atoms with Gasteiger partial charge in [-0.3, -0.25) is 4.99 Å². The van der Waals surface area contributed by atoms with Crippen LogP contribution >= 0.6 is 20.6 Å². The molecular weight excluding hydrogens is 722 g/mol. The summed E-state index contributed by atoms with van der Waals surface area (Å²) in [4.78, 5) is 46.6. The van der Waals surface area contributed by atoms with Crippen LogP contribution in [0.1, 0.15) is 41.5 Å². The molecule has 0 saturated carbocycles. The maximum Gasteiger partial charge on any atom is 3.00 e. The molecule has 5 rings (SSSR count). The molecule has 16 heteroatoms. The van der Waals surface area contributed by atoms with Gasteiger partial charge in [-0.25, -0.2) is 28.4 Å². The van der Waals surface area contributed by atoms with Crippen LogP contribution in [0.3, 0.4) is 0 Å². The van der Waals surface area contributed by atoms with E-state index in [4.69, 9.17) is 25.3 Å². The van der Waals surface area contributed by atoms with Gasteiger partial charge >= 0.3 is 37.4 Å². The summed E-state index contributed by atoms with van der Waals surface area (Å²) in [7, 11) is -1.25. The van der Waals surface area contributed by atoms with Crippen LogP contribution in [-0.4, -0.2) is 68.8 Å². The van der Waals surface area contributed by atoms with Crippen LogP contribution in [0.2, 0.25) is 0 Å². The van der Waals surface area contributed by atoms with Gasteiger partial charge in [-0.05, 0) is 42.5 Å². The summed E-state index contributed by atoms with van der Waals surface area (Å²) in [5.41, 5.74) is 8.94. The average molecular weight is 751 g/mol. The van der Waals surface area contributed by atoms with E-state index < -0.39 is 26.3 Å². The number of nitrogens with zero attached hydrogens (tertiary/aromatic N) is 4. The molecule has 0 aliphatic carbocycles. The van der Waals surface area contributed by atoms with Gasteiger partial charge in [0, 0.05) is 17.8 Å². The number of nitrogens with one attached hydrogen (secondary N) is 1. The fourth-order valence-electron chi connectivity index (χ4n) is 4.15. The molecule has 4 N–H and O–H groups in total. The monoisotopic (exact) mass is 751 g/mol. The van der Waals surface area contributed by atoms with Gasteiger partial charge in [0.15, 0.2) is 0 Å². The number of aromatic nitrogens is 2. The Morgan fingerprint density at radius 1 is 1.15 bits per heavy atom. The van der Waals surface area contributed by atoms with Crippen molar-refractivity contribution in [3.63, 3.8) is 0 Å². The first-order chi connectivity index (χ1) is 21.6. The third kappa shape index (κ3) is 10.4. The Morgan fingerprint density at radius 3 is 2.46 bits per heavy atom. The van der Waals surface area contributed by atoms with E-state index in [1.165, 1.54) is 28.8 Å². The molecule has 0 spiro atoms. The van der Waals surface area contributed by atoms with E-state index in [1.54, 1.807) is 6.92 Å². The van der Waals surface area contributed by atoms with E-state index in [9.17, 15) is 24.6 Å². The standard InChI is InChI=1S/C19H18N3O6.C10H9NO2P.CNS.Ru/c1-2-3-10(17(23)24)6-13(20)14-8-12(19(27)28)9-16(22-14)15-7-11(18(25)26)4-5-21-15;1-2-8-4-5-11-10(8)9(3-1)14-12-6-7-13-14;2-1-3;/h3,6-9,20H,2,4-5H2,1H3,(H,23,24)(H,25,26)(H,27,28);1-5H,6-7H2;;/q3*-1;+3/p+1/b10-3+,13-6-;;;. The van der Waals surface area contributed by atoms with Crippen molar-refractivity contribution in [2.45, 2.75) is 19.8 Å². The number of carbonyl (C=O) groups is 3. The summed E-state index contributed by atoms with van der Waals surface area (Å²) in [5.74, 6) is -3.58. The molecule has 2 aliphatic rings. The van der Waals surface area contributed by atoms with E-state index >= 15 is 0 Å². The number of carboxylic acids is 3. The first-order valence-corrected chi connectivity index (χ1v) is 15.1.